The smallest absolute Gasteiger partial charge is 0.379 e. The standard InChI is InChI=1S/C14H20F3N3O/c1-11(20-5-7-21-8-6-20)10-19(2)13-9-12(3-4-18-13)14(15,16)17/h3-4,9,11H,5-8,10H2,1-2H3. The van der Waals surface area contributed by atoms with Gasteiger partial charge in [0.2, 0.25) is 0 Å². The molecule has 0 radical (unpaired) electrons. The fraction of sp³-hybridized carbons (Fsp3) is 0.643. The quantitative estimate of drug-likeness (QED) is 0.853. The fourth-order valence-electron chi connectivity index (χ4n) is 2.43. The topological polar surface area (TPSA) is 28.6 Å². The van der Waals surface area contributed by atoms with Crippen LogP contribution >= 0.6 is 0 Å². The summed E-state index contributed by atoms with van der Waals surface area (Å²) < 4.78 is 43.4. The van der Waals surface area contributed by atoms with Gasteiger partial charge in [-0.05, 0) is 19.1 Å². The highest BCUT2D eigenvalue weighted by Crippen LogP contribution is 2.30. The van der Waals surface area contributed by atoms with E-state index in [4.69, 9.17) is 4.74 Å². The first-order valence-corrected chi connectivity index (χ1v) is 6.94. The Kier molecular flexibility index (Phi) is 5.05. The van der Waals surface area contributed by atoms with Crippen LogP contribution in [0.2, 0.25) is 0 Å². The molecule has 1 aromatic heterocycles. The van der Waals surface area contributed by atoms with Crippen molar-refractivity contribution in [1.82, 2.24) is 9.88 Å². The molecule has 2 rings (SSSR count). The van der Waals surface area contributed by atoms with E-state index in [1.165, 1.54) is 6.20 Å². The van der Waals surface area contributed by atoms with Crippen LogP contribution in [0.1, 0.15) is 12.5 Å². The van der Waals surface area contributed by atoms with E-state index in [1.807, 2.05) is 0 Å². The third-order valence-electron chi connectivity index (χ3n) is 3.67. The Morgan fingerprint density at radius 3 is 2.67 bits per heavy atom. The summed E-state index contributed by atoms with van der Waals surface area (Å²) in [6.07, 6.45) is -3.14. The third-order valence-corrected chi connectivity index (χ3v) is 3.67. The highest BCUT2D eigenvalue weighted by molar-refractivity contribution is 5.41. The molecule has 1 saturated heterocycles. The van der Waals surface area contributed by atoms with Crippen molar-refractivity contribution >= 4 is 5.82 Å². The molecule has 1 atom stereocenters. The highest BCUT2D eigenvalue weighted by atomic mass is 19.4. The molecule has 0 aromatic carbocycles. The third kappa shape index (κ3) is 4.31. The summed E-state index contributed by atoms with van der Waals surface area (Å²) in [5, 5.41) is 0. The molecule has 1 unspecified atom stereocenters. The monoisotopic (exact) mass is 303 g/mol. The molecule has 0 bridgehead atoms. The summed E-state index contributed by atoms with van der Waals surface area (Å²) in [7, 11) is 1.76. The van der Waals surface area contributed by atoms with Gasteiger partial charge in [0.25, 0.3) is 0 Å². The molecule has 2 heterocycles. The first-order valence-electron chi connectivity index (χ1n) is 6.94. The van der Waals surface area contributed by atoms with Gasteiger partial charge >= 0.3 is 6.18 Å². The zero-order valence-corrected chi connectivity index (χ0v) is 12.2. The van der Waals surface area contributed by atoms with Crippen molar-refractivity contribution in [1.29, 1.82) is 0 Å². The molecule has 0 aliphatic carbocycles. The molecule has 7 heteroatoms. The Morgan fingerprint density at radius 2 is 2.05 bits per heavy atom. The summed E-state index contributed by atoms with van der Waals surface area (Å²) in [5.74, 6) is 0.338. The SMILES string of the molecule is CC(CN(C)c1cc(C(F)(F)F)ccn1)N1CCOCC1. The van der Waals surface area contributed by atoms with E-state index in [1.54, 1.807) is 11.9 Å². The van der Waals surface area contributed by atoms with Crippen LogP contribution in [-0.4, -0.2) is 55.8 Å². The molecule has 0 amide bonds. The lowest BCUT2D eigenvalue weighted by molar-refractivity contribution is -0.137. The molecule has 1 aromatic rings. The van der Waals surface area contributed by atoms with E-state index >= 15 is 0 Å². The molecular weight excluding hydrogens is 283 g/mol. The van der Waals surface area contributed by atoms with Crippen LogP contribution in [0.25, 0.3) is 0 Å². The maximum absolute atomic E-state index is 12.7. The number of hydrogen-bond donors (Lipinski definition) is 0. The van der Waals surface area contributed by atoms with Gasteiger partial charge < -0.3 is 9.64 Å². The minimum absolute atomic E-state index is 0.232. The molecule has 1 aliphatic rings. The lowest BCUT2D eigenvalue weighted by atomic mass is 10.2. The molecule has 1 fully saturated rings. The van der Waals surface area contributed by atoms with E-state index in [0.717, 1.165) is 25.2 Å². The van der Waals surface area contributed by atoms with Crippen LogP contribution in [0.15, 0.2) is 18.3 Å². The number of rotatable bonds is 4. The second-order valence-electron chi connectivity index (χ2n) is 5.28. The van der Waals surface area contributed by atoms with Crippen LogP contribution in [0.5, 0.6) is 0 Å². The molecule has 21 heavy (non-hydrogen) atoms. The predicted octanol–water partition coefficient (Wildman–Crippen LogP) is 2.26. The summed E-state index contributed by atoms with van der Waals surface area (Å²) in [6.45, 7) is 5.80. The van der Waals surface area contributed by atoms with Gasteiger partial charge in [-0.1, -0.05) is 0 Å². The second kappa shape index (κ2) is 6.62. The summed E-state index contributed by atoms with van der Waals surface area (Å²) in [4.78, 5) is 8.06. The average Bonchev–Trinajstić information content (AvgIpc) is 2.47. The van der Waals surface area contributed by atoms with Crippen molar-refractivity contribution in [3.05, 3.63) is 23.9 Å². The number of halogens is 3. The maximum Gasteiger partial charge on any atom is 0.416 e. The van der Waals surface area contributed by atoms with Crippen molar-refractivity contribution in [2.75, 3.05) is 44.8 Å². The van der Waals surface area contributed by atoms with Crippen LogP contribution in [0.4, 0.5) is 19.0 Å². The molecule has 1 aliphatic heterocycles. The van der Waals surface area contributed by atoms with E-state index in [9.17, 15) is 13.2 Å². The molecule has 0 spiro atoms. The van der Waals surface area contributed by atoms with Crippen molar-refractivity contribution < 1.29 is 17.9 Å². The van der Waals surface area contributed by atoms with Crippen molar-refractivity contribution in [2.24, 2.45) is 0 Å². The molecule has 0 saturated carbocycles. The largest absolute Gasteiger partial charge is 0.416 e. The second-order valence-corrected chi connectivity index (χ2v) is 5.28. The number of nitrogens with zero attached hydrogens (tertiary/aromatic N) is 3. The number of pyridine rings is 1. The number of ether oxygens (including phenoxy) is 1. The van der Waals surface area contributed by atoms with E-state index in [2.05, 4.69) is 16.8 Å². The van der Waals surface area contributed by atoms with Crippen LogP contribution < -0.4 is 4.90 Å². The van der Waals surface area contributed by atoms with Gasteiger partial charge in [0.05, 0.1) is 18.8 Å². The maximum atomic E-state index is 12.7. The van der Waals surface area contributed by atoms with Crippen LogP contribution in [0, 0.1) is 0 Å². The minimum atomic E-state index is -4.34. The zero-order chi connectivity index (χ0) is 15.5. The van der Waals surface area contributed by atoms with Gasteiger partial charge in [0.15, 0.2) is 0 Å². The Bertz CT molecular complexity index is 461. The summed E-state index contributed by atoms with van der Waals surface area (Å²) in [5.41, 5.74) is -0.668. The lowest BCUT2D eigenvalue weighted by Gasteiger charge is -2.34. The van der Waals surface area contributed by atoms with Crippen molar-refractivity contribution in [2.45, 2.75) is 19.1 Å². The van der Waals surface area contributed by atoms with Crippen molar-refractivity contribution in [3.63, 3.8) is 0 Å². The molecule has 4 nitrogen and oxygen atoms in total. The number of morpholine rings is 1. The van der Waals surface area contributed by atoms with Gasteiger partial charge in [0, 0.05) is 38.9 Å². The first-order chi connectivity index (χ1) is 9.88. The van der Waals surface area contributed by atoms with Crippen molar-refractivity contribution in [3.8, 4) is 0 Å². The normalized spacial score (nSPS) is 18.5. The Hall–Kier alpha value is -1.34. The lowest BCUT2D eigenvalue weighted by Crippen LogP contribution is -2.46. The average molecular weight is 303 g/mol. The summed E-state index contributed by atoms with van der Waals surface area (Å²) >= 11 is 0. The van der Waals surface area contributed by atoms with Gasteiger partial charge in [-0.15, -0.1) is 0 Å². The van der Waals surface area contributed by atoms with Crippen LogP contribution in [-0.2, 0) is 10.9 Å². The van der Waals surface area contributed by atoms with Gasteiger partial charge in [-0.2, -0.15) is 13.2 Å². The van der Waals surface area contributed by atoms with E-state index < -0.39 is 11.7 Å². The highest BCUT2D eigenvalue weighted by Gasteiger charge is 2.31. The number of aromatic nitrogens is 1. The number of anilines is 1. The predicted molar refractivity (Wildman–Crippen MR) is 74.4 cm³/mol. The number of hydrogen-bond acceptors (Lipinski definition) is 4. The number of likely N-dealkylation sites (N-methyl/N-ethyl adjacent to an activating group) is 1. The van der Waals surface area contributed by atoms with E-state index in [-0.39, 0.29) is 6.04 Å². The van der Waals surface area contributed by atoms with Gasteiger partial charge in [-0.25, -0.2) is 4.98 Å². The minimum Gasteiger partial charge on any atom is -0.379 e. The first kappa shape index (κ1) is 16.0. The molecular formula is C14H20F3N3O. The Morgan fingerprint density at radius 1 is 1.38 bits per heavy atom. The molecule has 118 valence electrons. The van der Waals surface area contributed by atoms with E-state index in [0.29, 0.717) is 25.6 Å². The number of alkyl halides is 3. The summed E-state index contributed by atoms with van der Waals surface area (Å²) in [6, 6.07) is 2.31. The molecule has 0 N–H and O–H groups in total. The Balaban J connectivity index is 2.01. The van der Waals surface area contributed by atoms with Gasteiger partial charge in [0.1, 0.15) is 5.82 Å². The van der Waals surface area contributed by atoms with Crippen LogP contribution in [0.3, 0.4) is 0 Å². The zero-order valence-electron chi connectivity index (χ0n) is 12.2. The van der Waals surface area contributed by atoms with Gasteiger partial charge in [-0.3, -0.25) is 4.90 Å². The Labute approximate surface area is 122 Å². The fourth-order valence-corrected chi connectivity index (χ4v) is 2.43.